The maximum Gasteiger partial charge on any atom is 0.371 e. The molecule has 0 fully saturated rings. The molecule has 0 aliphatic rings. The lowest BCUT2D eigenvalue weighted by atomic mass is 10.2. The first-order valence-corrected chi connectivity index (χ1v) is 5.38. The normalized spacial score (nSPS) is 10.3. The molecule has 5 heteroatoms. The number of carbonyl (C=O) groups is 1. The molecular weight excluding hydrogens is 237 g/mol. The third kappa shape index (κ3) is 2.68. The third-order valence-corrected chi connectivity index (χ3v) is 2.53. The molecule has 0 amide bonds. The summed E-state index contributed by atoms with van der Waals surface area (Å²) in [5.41, 5.74) is 1.56. The molecule has 0 saturated carbocycles. The number of hydrogen-bond donors (Lipinski definition) is 2. The van der Waals surface area contributed by atoms with Gasteiger partial charge in [-0.3, -0.25) is 0 Å². The molecule has 0 radical (unpaired) electrons. The van der Waals surface area contributed by atoms with Crippen LogP contribution in [0.5, 0.6) is 0 Å². The van der Waals surface area contributed by atoms with Crippen LogP contribution in [0.4, 0.5) is 10.1 Å². The predicted octanol–water partition coefficient (Wildman–Crippen LogP) is 3.04. The lowest BCUT2D eigenvalue weighted by Gasteiger charge is -2.07. The van der Waals surface area contributed by atoms with Crippen LogP contribution < -0.4 is 5.32 Å². The molecule has 2 N–H and O–H groups in total. The number of rotatable bonds is 4. The number of carboxylic acids is 1. The van der Waals surface area contributed by atoms with Crippen LogP contribution in [0.25, 0.3) is 0 Å². The second-order valence-corrected chi connectivity index (χ2v) is 3.88. The Balaban J connectivity index is 2.06. The molecular formula is C13H12FNO3. The van der Waals surface area contributed by atoms with Gasteiger partial charge in [-0.05, 0) is 36.8 Å². The molecule has 18 heavy (non-hydrogen) atoms. The quantitative estimate of drug-likeness (QED) is 0.874. The molecule has 1 aromatic heterocycles. The maximum atomic E-state index is 13.0. The number of benzene rings is 1. The summed E-state index contributed by atoms with van der Waals surface area (Å²) in [4.78, 5) is 10.6. The summed E-state index contributed by atoms with van der Waals surface area (Å²) in [5.74, 6) is -1.06. The van der Waals surface area contributed by atoms with Crippen molar-refractivity contribution in [2.45, 2.75) is 13.5 Å². The largest absolute Gasteiger partial charge is 0.475 e. The highest BCUT2D eigenvalue weighted by Crippen LogP contribution is 2.17. The first-order valence-electron chi connectivity index (χ1n) is 5.38. The van der Waals surface area contributed by atoms with E-state index in [1.54, 1.807) is 12.1 Å². The van der Waals surface area contributed by atoms with E-state index in [4.69, 9.17) is 9.52 Å². The van der Waals surface area contributed by atoms with Gasteiger partial charge in [0.15, 0.2) is 0 Å². The van der Waals surface area contributed by atoms with E-state index in [9.17, 15) is 9.18 Å². The van der Waals surface area contributed by atoms with E-state index >= 15 is 0 Å². The van der Waals surface area contributed by atoms with Crippen molar-refractivity contribution < 1.29 is 18.7 Å². The number of hydrogen-bond acceptors (Lipinski definition) is 3. The van der Waals surface area contributed by atoms with Gasteiger partial charge in [-0.15, -0.1) is 0 Å². The maximum absolute atomic E-state index is 13.0. The average molecular weight is 249 g/mol. The van der Waals surface area contributed by atoms with E-state index in [1.807, 2.05) is 6.92 Å². The summed E-state index contributed by atoms with van der Waals surface area (Å²) in [6, 6.07) is 7.40. The van der Waals surface area contributed by atoms with E-state index in [-0.39, 0.29) is 11.6 Å². The molecule has 1 heterocycles. The van der Waals surface area contributed by atoms with Gasteiger partial charge in [0.1, 0.15) is 11.6 Å². The number of halogens is 1. The highest BCUT2D eigenvalue weighted by molar-refractivity contribution is 5.84. The molecule has 0 atom stereocenters. The minimum atomic E-state index is -1.11. The van der Waals surface area contributed by atoms with E-state index in [0.29, 0.717) is 18.0 Å². The van der Waals surface area contributed by atoms with Gasteiger partial charge in [-0.2, -0.15) is 0 Å². The summed E-state index contributed by atoms with van der Waals surface area (Å²) in [5, 5.41) is 11.7. The molecule has 0 unspecified atom stereocenters. The number of carboxylic acid groups (broad SMARTS) is 1. The Morgan fingerprint density at radius 1 is 1.39 bits per heavy atom. The van der Waals surface area contributed by atoms with Crippen molar-refractivity contribution in [1.29, 1.82) is 0 Å². The third-order valence-electron chi connectivity index (χ3n) is 2.53. The number of aryl methyl sites for hydroxylation is 1. The molecule has 2 rings (SSSR count). The number of aromatic carboxylic acids is 1. The first kappa shape index (κ1) is 12.2. The first-order chi connectivity index (χ1) is 8.56. The van der Waals surface area contributed by atoms with Gasteiger partial charge in [0.2, 0.25) is 5.76 Å². The minimum Gasteiger partial charge on any atom is -0.475 e. The fourth-order valence-corrected chi connectivity index (χ4v) is 1.55. The molecule has 94 valence electrons. The van der Waals surface area contributed by atoms with Crippen molar-refractivity contribution in [3.63, 3.8) is 0 Å². The van der Waals surface area contributed by atoms with Crippen LogP contribution in [-0.4, -0.2) is 11.1 Å². The summed E-state index contributed by atoms with van der Waals surface area (Å²) in [6.07, 6.45) is 0. The van der Waals surface area contributed by atoms with Crippen LogP contribution in [0.1, 0.15) is 21.9 Å². The van der Waals surface area contributed by atoms with Crippen molar-refractivity contribution in [3.05, 3.63) is 53.2 Å². The molecule has 0 spiro atoms. The second-order valence-electron chi connectivity index (χ2n) is 3.88. The van der Waals surface area contributed by atoms with Crippen molar-refractivity contribution >= 4 is 11.7 Å². The van der Waals surface area contributed by atoms with Gasteiger partial charge in [0, 0.05) is 5.69 Å². The second kappa shape index (κ2) is 4.91. The molecule has 0 aliphatic carbocycles. The number of nitrogens with one attached hydrogen (secondary N) is 1. The van der Waals surface area contributed by atoms with E-state index in [0.717, 1.165) is 5.56 Å². The van der Waals surface area contributed by atoms with Gasteiger partial charge in [-0.25, -0.2) is 9.18 Å². The van der Waals surface area contributed by atoms with E-state index < -0.39 is 5.97 Å². The predicted molar refractivity (Wildman–Crippen MR) is 64.1 cm³/mol. The van der Waals surface area contributed by atoms with Crippen LogP contribution in [0.2, 0.25) is 0 Å². The Morgan fingerprint density at radius 3 is 2.83 bits per heavy atom. The highest BCUT2D eigenvalue weighted by Gasteiger charge is 2.09. The summed E-state index contributed by atoms with van der Waals surface area (Å²) >= 11 is 0. The summed E-state index contributed by atoms with van der Waals surface area (Å²) < 4.78 is 18.1. The lowest BCUT2D eigenvalue weighted by molar-refractivity contribution is 0.0660. The molecule has 1 aromatic carbocycles. The zero-order valence-corrected chi connectivity index (χ0v) is 9.74. The van der Waals surface area contributed by atoms with E-state index in [1.165, 1.54) is 18.2 Å². The van der Waals surface area contributed by atoms with Gasteiger partial charge < -0.3 is 14.8 Å². The molecule has 2 aromatic rings. The topological polar surface area (TPSA) is 62.5 Å². The molecule has 0 aliphatic heterocycles. The zero-order chi connectivity index (χ0) is 13.1. The van der Waals surface area contributed by atoms with E-state index in [2.05, 4.69) is 5.32 Å². The van der Waals surface area contributed by atoms with Crippen LogP contribution in [0, 0.1) is 12.7 Å². The Kier molecular flexibility index (Phi) is 3.32. The standard InChI is InChI=1S/C13H12FNO3/c1-8-2-3-9(14)6-11(8)15-7-10-4-5-12(18-10)13(16)17/h2-6,15H,7H2,1H3,(H,16,17). The average Bonchev–Trinajstić information content (AvgIpc) is 2.79. The fraction of sp³-hybridized carbons (Fsp3) is 0.154. The SMILES string of the molecule is Cc1ccc(F)cc1NCc1ccc(C(=O)O)o1. The summed E-state index contributed by atoms with van der Waals surface area (Å²) in [6.45, 7) is 2.16. The monoisotopic (exact) mass is 249 g/mol. The van der Waals surface area contributed by atoms with Gasteiger partial charge in [0.25, 0.3) is 0 Å². The minimum absolute atomic E-state index is 0.109. The van der Waals surface area contributed by atoms with Crippen LogP contribution in [0.3, 0.4) is 0 Å². The highest BCUT2D eigenvalue weighted by atomic mass is 19.1. The van der Waals surface area contributed by atoms with Crippen molar-refractivity contribution in [2.24, 2.45) is 0 Å². The Morgan fingerprint density at radius 2 is 2.17 bits per heavy atom. The van der Waals surface area contributed by atoms with Gasteiger partial charge in [0.05, 0.1) is 6.54 Å². The molecule has 4 nitrogen and oxygen atoms in total. The van der Waals surface area contributed by atoms with Crippen LogP contribution in [0.15, 0.2) is 34.7 Å². The smallest absolute Gasteiger partial charge is 0.371 e. The summed E-state index contributed by atoms with van der Waals surface area (Å²) in [7, 11) is 0. The fourth-order valence-electron chi connectivity index (χ4n) is 1.55. The Bertz CT molecular complexity index is 577. The van der Waals surface area contributed by atoms with Crippen LogP contribution >= 0.6 is 0 Å². The van der Waals surface area contributed by atoms with Gasteiger partial charge >= 0.3 is 5.97 Å². The Hall–Kier alpha value is -2.30. The van der Waals surface area contributed by atoms with Crippen molar-refractivity contribution in [3.8, 4) is 0 Å². The van der Waals surface area contributed by atoms with Gasteiger partial charge in [-0.1, -0.05) is 6.07 Å². The van der Waals surface area contributed by atoms with Crippen molar-refractivity contribution in [2.75, 3.05) is 5.32 Å². The lowest BCUT2D eigenvalue weighted by Crippen LogP contribution is -2.00. The zero-order valence-electron chi connectivity index (χ0n) is 9.74. The van der Waals surface area contributed by atoms with Crippen molar-refractivity contribution in [1.82, 2.24) is 0 Å². The number of anilines is 1. The van der Waals surface area contributed by atoms with Crippen LogP contribution in [-0.2, 0) is 6.54 Å². The molecule has 0 bridgehead atoms. The number of furan rings is 1. The molecule has 0 saturated heterocycles. The Labute approximate surface area is 103 Å².